The molecule has 0 aliphatic rings. The van der Waals surface area contributed by atoms with Gasteiger partial charge in [-0.15, -0.1) is 0 Å². The lowest BCUT2D eigenvalue weighted by Crippen LogP contribution is -1.94. The molecule has 0 aliphatic carbocycles. The van der Waals surface area contributed by atoms with E-state index in [1.807, 2.05) is 24.3 Å². The second-order valence-electron chi connectivity index (χ2n) is 4.82. The molecule has 0 aromatic heterocycles. The van der Waals surface area contributed by atoms with Gasteiger partial charge in [-0.1, -0.05) is 48.0 Å². The number of ether oxygens (including phenoxy) is 1. The van der Waals surface area contributed by atoms with Crippen LogP contribution in [0.2, 0.25) is 5.02 Å². The van der Waals surface area contributed by atoms with Crippen LogP contribution in [0.25, 0.3) is 10.8 Å². The smallest absolute Gasteiger partial charge is 0.123 e. The minimum Gasteiger partial charge on any atom is -0.496 e. The second kappa shape index (κ2) is 5.56. The monoisotopic (exact) mass is 282 g/mol. The zero-order chi connectivity index (χ0) is 13.9. The zero-order valence-electron chi connectivity index (χ0n) is 11.3. The molecule has 0 saturated heterocycles. The van der Waals surface area contributed by atoms with Crippen molar-refractivity contribution in [2.24, 2.45) is 0 Å². The summed E-state index contributed by atoms with van der Waals surface area (Å²) in [6, 6.07) is 20.5. The van der Waals surface area contributed by atoms with E-state index < -0.39 is 0 Å². The topological polar surface area (TPSA) is 9.23 Å². The van der Waals surface area contributed by atoms with E-state index in [1.165, 1.54) is 21.9 Å². The first kappa shape index (κ1) is 13.0. The Morgan fingerprint density at radius 3 is 2.35 bits per heavy atom. The number of halogens is 1. The molecule has 0 aliphatic heterocycles. The van der Waals surface area contributed by atoms with Gasteiger partial charge in [0.2, 0.25) is 0 Å². The highest BCUT2D eigenvalue weighted by Crippen LogP contribution is 2.28. The fourth-order valence-electron chi connectivity index (χ4n) is 2.46. The second-order valence-corrected chi connectivity index (χ2v) is 5.25. The van der Waals surface area contributed by atoms with Crippen LogP contribution in [0.15, 0.2) is 60.7 Å². The van der Waals surface area contributed by atoms with E-state index in [0.29, 0.717) is 0 Å². The van der Waals surface area contributed by atoms with E-state index in [1.54, 1.807) is 7.11 Å². The molecular weight excluding hydrogens is 268 g/mol. The van der Waals surface area contributed by atoms with E-state index >= 15 is 0 Å². The fourth-order valence-corrected chi connectivity index (χ4v) is 2.67. The molecule has 0 spiro atoms. The number of rotatable bonds is 3. The normalized spacial score (nSPS) is 10.7. The highest BCUT2D eigenvalue weighted by molar-refractivity contribution is 6.30. The molecule has 100 valence electrons. The fraction of sp³-hybridized carbons (Fsp3) is 0.111. The third kappa shape index (κ3) is 2.63. The Morgan fingerprint density at radius 1 is 0.900 bits per heavy atom. The van der Waals surface area contributed by atoms with Gasteiger partial charge in [-0.2, -0.15) is 0 Å². The lowest BCUT2D eigenvalue weighted by atomic mass is 10.00. The standard InChI is InChI=1S/C18H15ClO/c1-20-18-12-15-7-3-2-6-14(15)11-16(18)9-13-5-4-8-17(19)10-13/h2-8,10-12H,9H2,1H3. The largest absolute Gasteiger partial charge is 0.496 e. The SMILES string of the molecule is COc1cc2ccccc2cc1Cc1cccc(Cl)c1. The number of benzene rings is 3. The summed E-state index contributed by atoms with van der Waals surface area (Å²) < 4.78 is 5.52. The molecule has 0 unspecified atom stereocenters. The third-order valence-electron chi connectivity index (χ3n) is 3.43. The van der Waals surface area contributed by atoms with Crippen LogP contribution in [0.4, 0.5) is 0 Å². The summed E-state index contributed by atoms with van der Waals surface area (Å²) in [4.78, 5) is 0. The summed E-state index contributed by atoms with van der Waals surface area (Å²) in [6.45, 7) is 0. The quantitative estimate of drug-likeness (QED) is 0.650. The van der Waals surface area contributed by atoms with Gasteiger partial charge in [0.15, 0.2) is 0 Å². The van der Waals surface area contributed by atoms with Crippen molar-refractivity contribution >= 4 is 22.4 Å². The van der Waals surface area contributed by atoms with Crippen LogP contribution < -0.4 is 4.74 Å². The summed E-state index contributed by atoms with van der Waals surface area (Å²) in [5, 5.41) is 3.19. The predicted octanol–water partition coefficient (Wildman–Crippen LogP) is 5.09. The number of fused-ring (bicyclic) bond motifs is 1. The Morgan fingerprint density at radius 2 is 1.65 bits per heavy atom. The Kier molecular flexibility index (Phi) is 3.62. The van der Waals surface area contributed by atoms with Crippen LogP contribution in [-0.2, 0) is 6.42 Å². The lowest BCUT2D eigenvalue weighted by molar-refractivity contribution is 0.411. The van der Waals surface area contributed by atoms with Crippen molar-refractivity contribution in [1.29, 1.82) is 0 Å². The first-order chi connectivity index (χ1) is 9.76. The van der Waals surface area contributed by atoms with Gasteiger partial charge in [-0.3, -0.25) is 0 Å². The average molecular weight is 283 g/mol. The molecule has 20 heavy (non-hydrogen) atoms. The average Bonchev–Trinajstić information content (AvgIpc) is 2.46. The Hall–Kier alpha value is -1.99. The summed E-state index contributed by atoms with van der Waals surface area (Å²) >= 11 is 6.05. The molecule has 0 saturated carbocycles. The predicted molar refractivity (Wildman–Crippen MR) is 84.8 cm³/mol. The van der Waals surface area contributed by atoms with Gasteiger partial charge in [0, 0.05) is 11.4 Å². The van der Waals surface area contributed by atoms with Gasteiger partial charge < -0.3 is 4.74 Å². The Bertz CT molecular complexity index is 749. The van der Waals surface area contributed by atoms with Crippen molar-refractivity contribution in [1.82, 2.24) is 0 Å². The van der Waals surface area contributed by atoms with E-state index in [0.717, 1.165) is 17.2 Å². The maximum absolute atomic E-state index is 6.05. The van der Waals surface area contributed by atoms with E-state index in [2.05, 4.69) is 36.4 Å². The van der Waals surface area contributed by atoms with Gasteiger partial charge in [0.1, 0.15) is 5.75 Å². The number of methoxy groups -OCH3 is 1. The molecule has 0 fully saturated rings. The first-order valence-corrected chi connectivity index (χ1v) is 6.94. The summed E-state index contributed by atoms with van der Waals surface area (Å²) in [6.07, 6.45) is 0.814. The molecule has 1 nitrogen and oxygen atoms in total. The van der Waals surface area contributed by atoms with Gasteiger partial charge in [0.25, 0.3) is 0 Å². The molecule has 0 N–H and O–H groups in total. The molecular formula is C18H15ClO. The van der Waals surface area contributed by atoms with Gasteiger partial charge in [-0.05, 0) is 46.2 Å². The Labute approximate surface area is 123 Å². The van der Waals surface area contributed by atoms with Crippen LogP contribution in [0.3, 0.4) is 0 Å². The van der Waals surface area contributed by atoms with Crippen molar-refractivity contribution in [3.63, 3.8) is 0 Å². The van der Waals surface area contributed by atoms with E-state index in [4.69, 9.17) is 16.3 Å². The van der Waals surface area contributed by atoms with Gasteiger partial charge in [0.05, 0.1) is 7.11 Å². The van der Waals surface area contributed by atoms with Crippen LogP contribution in [-0.4, -0.2) is 7.11 Å². The van der Waals surface area contributed by atoms with E-state index in [9.17, 15) is 0 Å². The highest BCUT2D eigenvalue weighted by atomic mass is 35.5. The minimum absolute atomic E-state index is 0.766. The Balaban J connectivity index is 2.05. The summed E-state index contributed by atoms with van der Waals surface area (Å²) in [7, 11) is 1.71. The minimum atomic E-state index is 0.766. The van der Waals surface area contributed by atoms with Crippen molar-refractivity contribution < 1.29 is 4.74 Å². The first-order valence-electron chi connectivity index (χ1n) is 6.56. The lowest BCUT2D eigenvalue weighted by Gasteiger charge is -2.11. The molecule has 3 aromatic carbocycles. The molecule has 3 aromatic rings. The third-order valence-corrected chi connectivity index (χ3v) is 3.67. The van der Waals surface area contributed by atoms with Gasteiger partial charge in [-0.25, -0.2) is 0 Å². The van der Waals surface area contributed by atoms with Crippen molar-refractivity contribution in [3.8, 4) is 5.75 Å². The van der Waals surface area contributed by atoms with Gasteiger partial charge >= 0.3 is 0 Å². The molecule has 0 bridgehead atoms. The summed E-state index contributed by atoms with van der Waals surface area (Å²) in [5.74, 6) is 0.920. The van der Waals surface area contributed by atoms with Crippen LogP contribution in [0.1, 0.15) is 11.1 Å². The summed E-state index contributed by atoms with van der Waals surface area (Å²) in [5.41, 5.74) is 2.36. The number of hydrogen-bond acceptors (Lipinski definition) is 1. The van der Waals surface area contributed by atoms with E-state index in [-0.39, 0.29) is 0 Å². The molecule has 0 heterocycles. The number of hydrogen-bond donors (Lipinski definition) is 0. The molecule has 3 rings (SSSR count). The van der Waals surface area contributed by atoms with Crippen LogP contribution in [0, 0.1) is 0 Å². The van der Waals surface area contributed by atoms with Crippen molar-refractivity contribution in [2.45, 2.75) is 6.42 Å². The van der Waals surface area contributed by atoms with Crippen LogP contribution >= 0.6 is 11.6 Å². The van der Waals surface area contributed by atoms with Crippen LogP contribution in [0.5, 0.6) is 5.75 Å². The molecule has 0 radical (unpaired) electrons. The molecule has 0 amide bonds. The maximum atomic E-state index is 6.05. The van der Waals surface area contributed by atoms with Crippen molar-refractivity contribution in [2.75, 3.05) is 7.11 Å². The van der Waals surface area contributed by atoms with Crippen molar-refractivity contribution in [3.05, 3.63) is 76.8 Å². The molecule has 2 heteroatoms. The highest BCUT2D eigenvalue weighted by Gasteiger charge is 2.07. The zero-order valence-corrected chi connectivity index (χ0v) is 12.0. The maximum Gasteiger partial charge on any atom is 0.123 e. The molecule has 0 atom stereocenters.